The smallest absolute Gasteiger partial charge is 0.240 e. The first kappa shape index (κ1) is 18.2. The monoisotopic (exact) mass is 291 g/mol. The van der Waals surface area contributed by atoms with Crippen LogP contribution in [0.1, 0.15) is 40.5 Å². The van der Waals surface area contributed by atoms with Gasteiger partial charge < -0.3 is 16.0 Å². The fraction of sp³-hybridized carbons (Fsp3) is 0.846. The second-order valence-electron chi connectivity index (χ2n) is 6.17. The third-order valence-corrected chi connectivity index (χ3v) is 3.34. The quantitative estimate of drug-likeness (QED) is 0.794. The minimum Gasteiger partial charge on any atom is -0.352 e. The minimum atomic E-state index is -0.492. The second kappa shape index (κ2) is 7.10. The number of carbonyl (C=O) groups is 2. The van der Waals surface area contributed by atoms with Gasteiger partial charge in [0.15, 0.2) is 0 Å². The van der Waals surface area contributed by atoms with E-state index >= 15 is 0 Å². The van der Waals surface area contributed by atoms with E-state index in [1.165, 1.54) is 6.92 Å². The molecule has 0 aromatic heterocycles. The molecule has 1 saturated heterocycles. The van der Waals surface area contributed by atoms with Crippen molar-refractivity contribution in [3.63, 3.8) is 0 Å². The molecule has 0 aromatic rings. The fourth-order valence-electron chi connectivity index (χ4n) is 2.15. The third kappa shape index (κ3) is 5.37. The summed E-state index contributed by atoms with van der Waals surface area (Å²) in [5.41, 5.74) is 5.76. The molecule has 2 amide bonds. The van der Waals surface area contributed by atoms with Crippen molar-refractivity contribution in [2.24, 2.45) is 11.1 Å². The Kier molecular flexibility index (Phi) is 6.80. The highest BCUT2D eigenvalue weighted by Crippen LogP contribution is 2.21. The Bertz CT molecular complexity index is 328. The summed E-state index contributed by atoms with van der Waals surface area (Å²) in [5, 5.41) is 2.87. The zero-order valence-corrected chi connectivity index (χ0v) is 13.0. The number of piperidine rings is 1. The lowest BCUT2D eigenvalue weighted by atomic mass is 9.86. The Morgan fingerprint density at radius 1 is 1.37 bits per heavy atom. The Balaban J connectivity index is 0.00000324. The van der Waals surface area contributed by atoms with Crippen LogP contribution in [0.3, 0.4) is 0 Å². The molecular formula is C13H26ClN3O2. The maximum atomic E-state index is 12.3. The summed E-state index contributed by atoms with van der Waals surface area (Å²) in [7, 11) is 0. The van der Waals surface area contributed by atoms with Crippen molar-refractivity contribution in [1.82, 2.24) is 10.2 Å². The van der Waals surface area contributed by atoms with Crippen molar-refractivity contribution in [2.45, 2.75) is 52.6 Å². The normalized spacial score (nSPS) is 21.3. The summed E-state index contributed by atoms with van der Waals surface area (Å²) in [5.74, 6) is -0.0630. The number of rotatable bonds is 2. The molecule has 1 rings (SSSR count). The first-order valence-electron chi connectivity index (χ1n) is 6.53. The molecule has 2 atom stereocenters. The van der Waals surface area contributed by atoms with Gasteiger partial charge in [-0.1, -0.05) is 20.8 Å². The minimum absolute atomic E-state index is 0. The van der Waals surface area contributed by atoms with Crippen LogP contribution < -0.4 is 11.1 Å². The molecule has 5 nitrogen and oxygen atoms in total. The van der Waals surface area contributed by atoms with Crippen molar-refractivity contribution >= 4 is 24.2 Å². The molecule has 1 aliphatic rings. The van der Waals surface area contributed by atoms with E-state index in [0.29, 0.717) is 6.54 Å². The molecule has 0 aromatic carbocycles. The van der Waals surface area contributed by atoms with Gasteiger partial charge in [0.25, 0.3) is 0 Å². The predicted molar refractivity (Wildman–Crippen MR) is 78.1 cm³/mol. The van der Waals surface area contributed by atoms with Crippen molar-refractivity contribution in [3.8, 4) is 0 Å². The number of hydrogen-bond donors (Lipinski definition) is 2. The third-order valence-electron chi connectivity index (χ3n) is 3.34. The summed E-state index contributed by atoms with van der Waals surface area (Å²) >= 11 is 0. The lowest BCUT2D eigenvalue weighted by molar-refractivity contribution is -0.137. The van der Waals surface area contributed by atoms with Gasteiger partial charge in [-0.25, -0.2) is 0 Å². The largest absolute Gasteiger partial charge is 0.352 e. The van der Waals surface area contributed by atoms with E-state index in [4.69, 9.17) is 5.73 Å². The van der Waals surface area contributed by atoms with Crippen LogP contribution in [0.2, 0.25) is 0 Å². The average molecular weight is 292 g/mol. The van der Waals surface area contributed by atoms with Gasteiger partial charge in [-0.15, -0.1) is 12.4 Å². The first-order chi connectivity index (χ1) is 8.21. The first-order valence-corrected chi connectivity index (χ1v) is 6.53. The number of amides is 2. The average Bonchev–Trinajstić information content (AvgIpc) is 2.25. The van der Waals surface area contributed by atoms with E-state index < -0.39 is 6.04 Å². The molecule has 0 aliphatic carbocycles. The highest BCUT2D eigenvalue weighted by molar-refractivity contribution is 5.85. The maximum absolute atomic E-state index is 12.3. The number of nitrogens with two attached hydrogens (primary N) is 1. The molecule has 112 valence electrons. The van der Waals surface area contributed by atoms with Crippen molar-refractivity contribution in [1.29, 1.82) is 0 Å². The predicted octanol–water partition coefficient (Wildman–Crippen LogP) is 0.909. The molecule has 0 saturated carbocycles. The van der Waals surface area contributed by atoms with Crippen LogP contribution in [0.4, 0.5) is 0 Å². The molecule has 6 heteroatoms. The molecule has 0 bridgehead atoms. The van der Waals surface area contributed by atoms with E-state index in [0.717, 1.165) is 19.4 Å². The molecule has 1 unspecified atom stereocenters. The Morgan fingerprint density at radius 2 is 1.95 bits per heavy atom. The van der Waals surface area contributed by atoms with Crippen LogP contribution >= 0.6 is 12.4 Å². The highest BCUT2D eigenvalue weighted by Gasteiger charge is 2.33. The van der Waals surface area contributed by atoms with Gasteiger partial charge in [0.05, 0.1) is 6.04 Å². The van der Waals surface area contributed by atoms with Gasteiger partial charge in [-0.05, 0) is 18.3 Å². The Hall–Kier alpha value is -0.810. The van der Waals surface area contributed by atoms with E-state index in [1.807, 2.05) is 20.8 Å². The standard InChI is InChI=1S/C13H25N3O2.ClH/c1-9(17)15-10-6-5-7-16(8-10)12(18)11(14)13(2,3)4;/h10-11H,5-8,14H2,1-4H3,(H,15,17);1H/t10?,11-;/m1./s1. The van der Waals surface area contributed by atoms with Crippen LogP contribution in [-0.2, 0) is 9.59 Å². The lowest BCUT2D eigenvalue weighted by Crippen LogP contribution is -2.56. The van der Waals surface area contributed by atoms with E-state index in [2.05, 4.69) is 5.32 Å². The maximum Gasteiger partial charge on any atom is 0.240 e. The topological polar surface area (TPSA) is 75.4 Å². The van der Waals surface area contributed by atoms with Crippen molar-refractivity contribution in [3.05, 3.63) is 0 Å². The van der Waals surface area contributed by atoms with Crippen LogP contribution in [0.5, 0.6) is 0 Å². The second-order valence-corrected chi connectivity index (χ2v) is 6.17. The van der Waals surface area contributed by atoms with Crippen LogP contribution in [0.25, 0.3) is 0 Å². The zero-order valence-electron chi connectivity index (χ0n) is 12.2. The summed E-state index contributed by atoms with van der Waals surface area (Å²) < 4.78 is 0. The van der Waals surface area contributed by atoms with Gasteiger partial charge in [0.2, 0.25) is 11.8 Å². The molecule has 19 heavy (non-hydrogen) atoms. The van der Waals surface area contributed by atoms with E-state index in [-0.39, 0.29) is 35.7 Å². The van der Waals surface area contributed by atoms with Crippen LogP contribution in [0.15, 0.2) is 0 Å². The lowest BCUT2D eigenvalue weighted by Gasteiger charge is -2.37. The van der Waals surface area contributed by atoms with Crippen LogP contribution in [0, 0.1) is 5.41 Å². The molecular weight excluding hydrogens is 266 g/mol. The van der Waals surface area contributed by atoms with Gasteiger partial charge in [0.1, 0.15) is 0 Å². The number of nitrogens with one attached hydrogen (secondary N) is 1. The summed E-state index contributed by atoms with van der Waals surface area (Å²) in [6, 6.07) is -0.430. The van der Waals surface area contributed by atoms with Crippen molar-refractivity contribution < 1.29 is 9.59 Å². The zero-order chi connectivity index (χ0) is 13.9. The molecule has 1 heterocycles. The Labute approximate surface area is 121 Å². The van der Waals surface area contributed by atoms with Gasteiger partial charge >= 0.3 is 0 Å². The SMILES string of the molecule is CC(=O)NC1CCCN(C(=O)[C@@H](N)C(C)(C)C)C1.Cl. The van der Waals surface area contributed by atoms with E-state index in [9.17, 15) is 9.59 Å². The van der Waals surface area contributed by atoms with E-state index in [1.54, 1.807) is 4.90 Å². The number of hydrogen-bond acceptors (Lipinski definition) is 3. The number of halogens is 1. The highest BCUT2D eigenvalue weighted by atomic mass is 35.5. The fourth-order valence-corrected chi connectivity index (χ4v) is 2.15. The Morgan fingerprint density at radius 3 is 2.42 bits per heavy atom. The summed E-state index contributed by atoms with van der Waals surface area (Å²) in [6.45, 7) is 8.70. The van der Waals surface area contributed by atoms with Crippen LogP contribution in [-0.4, -0.2) is 41.9 Å². The molecule has 1 fully saturated rings. The number of carbonyl (C=O) groups excluding carboxylic acids is 2. The number of nitrogens with zero attached hydrogens (tertiary/aromatic N) is 1. The summed E-state index contributed by atoms with van der Waals surface area (Å²) in [4.78, 5) is 25.1. The van der Waals surface area contributed by atoms with Gasteiger partial charge in [-0.2, -0.15) is 0 Å². The van der Waals surface area contributed by atoms with Gasteiger partial charge in [-0.3, -0.25) is 9.59 Å². The summed E-state index contributed by atoms with van der Waals surface area (Å²) in [6.07, 6.45) is 1.83. The number of likely N-dealkylation sites (tertiary alicyclic amines) is 1. The molecule has 0 radical (unpaired) electrons. The molecule has 0 spiro atoms. The molecule has 1 aliphatic heterocycles. The van der Waals surface area contributed by atoms with Crippen molar-refractivity contribution in [2.75, 3.05) is 13.1 Å². The molecule has 3 N–H and O–H groups in total. The van der Waals surface area contributed by atoms with Gasteiger partial charge in [0, 0.05) is 26.1 Å².